The number of ether oxygens (including phenoxy) is 1. The second kappa shape index (κ2) is 8.70. The van der Waals surface area contributed by atoms with Crippen molar-refractivity contribution in [3.63, 3.8) is 0 Å². The van der Waals surface area contributed by atoms with Crippen LogP contribution in [0.4, 0.5) is 19.0 Å². The molecule has 0 radical (unpaired) electrons. The summed E-state index contributed by atoms with van der Waals surface area (Å²) in [7, 11) is 0. The van der Waals surface area contributed by atoms with E-state index in [1.165, 1.54) is 6.20 Å². The van der Waals surface area contributed by atoms with Gasteiger partial charge in [-0.15, -0.1) is 0 Å². The maximum absolute atomic E-state index is 12.7. The molecule has 1 atom stereocenters. The number of piperazine rings is 1. The Morgan fingerprint density at radius 1 is 1.16 bits per heavy atom. The van der Waals surface area contributed by atoms with Crippen molar-refractivity contribution in [3.8, 4) is 6.01 Å². The molecule has 1 unspecified atom stereocenters. The molecular weight excluding hydrogens is 427 g/mol. The van der Waals surface area contributed by atoms with E-state index in [4.69, 9.17) is 4.74 Å². The number of fused-ring (bicyclic) bond motifs is 1. The topological polar surface area (TPSA) is 76.7 Å². The molecule has 0 aliphatic carbocycles. The highest BCUT2D eigenvalue weighted by molar-refractivity contribution is 5.25. The standard InChI is InChI=1S/C21H26F3N5O3/c1-20(15-28-14-18(29(30)31)25-19(28)32-20)7-2-8-26-9-11-27(12-10-26)13-16-3-5-17(6-4-16)21(22,23)24/h3-6,14H,2,7-13,15H2,1H3. The minimum absolute atomic E-state index is 0.198. The molecule has 1 aromatic carbocycles. The summed E-state index contributed by atoms with van der Waals surface area (Å²) < 4.78 is 45.6. The van der Waals surface area contributed by atoms with Crippen LogP contribution >= 0.6 is 0 Å². The molecule has 4 rings (SSSR count). The first-order valence-corrected chi connectivity index (χ1v) is 10.6. The minimum Gasteiger partial charge on any atom is -0.438 e. The molecule has 2 aromatic rings. The zero-order valence-electron chi connectivity index (χ0n) is 17.8. The second-order valence-corrected chi connectivity index (χ2v) is 8.73. The van der Waals surface area contributed by atoms with Crippen LogP contribution in [0.25, 0.3) is 0 Å². The van der Waals surface area contributed by atoms with Crippen LogP contribution in [-0.2, 0) is 19.3 Å². The van der Waals surface area contributed by atoms with Crippen molar-refractivity contribution in [1.82, 2.24) is 19.4 Å². The molecule has 11 heteroatoms. The molecule has 2 aliphatic rings. The molecule has 2 aliphatic heterocycles. The molecule has 8 nitrogen and oxygen atoms in total. The summed E-state index contributed by atoms with van der Waals surface area (Å²) in [5, 5.41) is 10.8. The summed E-state index contributed by atoms with van der Waals surface area (Å²) >= 11 is 0. The average Bonchev–Trinajstić information content (AvgIpc) is 3.24. The number of benzene rings is 1. The van der Waals surface area contributed by atoms with Gasteiger partial charge in [0.2, 0.25) is 0 Å². The van der Waals surface area contributed by atoms with Gasteiger partial charge in [0, 0.05) is 37.7 Å². The Morgan fingerprint density at radius 2 is 1.81 bits per heavy atom. The summed E-state index contributed by atoms with van der Waals surface area (Å²) in [4.78, 5) is 18.8. The number of hydrogen-bond donors (Lipinski definition) is 0. The second-order valence-electron chi connectivity index (χ2n) is 8.73. The quantitative estimate of drug-likeness (QED) is 0.471. The van der Waals surface area contributed by atoms with Gasteiger partial charge in [-0.3, -0.25) is 9.47 Å². The molecular formula is C21H26F3N5O3. The summed E-state index contributed by atoms with van der Waals surface area (Å²) in [5.74, 6) is -0.198. The molecule has 0 saturated carbocycles. The largest absolute Gasteiger partial charge is 0.438 e. The van der Waals surface area contributed by atoms with Gasteiger partial charge in [-0.2, -0.15) is 13.2 Å². The fraction of sp³-hybridized carbons (Fsp3) is 0.571. The van der Waals surface area contributed by atoms with E-state index in [1.807, 2.05) is 6.92 Å². The first-order chi connectivity index (χ1) is 15.1. The SMILES string of the molecule is CC1(CCCN2CCN(Cc3ccc(C(F)(F)F)cc3)CC2)Cn2cc([N+](=O)[O-])nc2O1. The minimum atomic E-state index is -4.30. The van der Waals surface area contributed by atoms with Gasteiger partial charge in [-0.05, 0) is 48.9 Å². The van der Waals surface area contributed by atoms with Crippen LogP contribution in [0.15, 0.2) is 30.5 Å². The number of imidazole rings is 1. The maximum Gasteiger partial charge on any atom is 0.416 e. The van der Waals surface area contributed by atoms with Crippen LogP contribution in [0.1, 0.15) is 30.9 Å². The van der Waals surface area contributed by atoms with Crippen LogP contribution < -0.4 is 4.74 Å². The molecule has 174 valence electrons. The smallest absolute Gasteiger partial charge is 0.416 e. The van der Waals surface area contributed by atoms with E-state index in [-0.39, 0.29) is 5.82 Å². The Hall–Kier alpha value is -2.66. The zero-order valence-corrected chi connectivity index (χ0v) is 17.8. The highest BCUT2D eigenvalue weighted by Crippen LogP contribution is 2.33. The number of aromatic nitrogens is 2. The van der Waals surface area contributed by atoms with Crippen molar-refractivity contribution in [2.45, 2.75) is 44.6 Å². The third kappa shape index (κ3) is 5.21. The van der Waals surface area contributed by atoms with Gasteiger partial charge in [-0.1, -0.05) is 12.1 Å². The van der Waals surface area contributed by atoms with Gasteiger partial charge in [-0.25, -0.2) is 0 Å². The van der Waals surface area contributed by atoms with Crippen molar-refractivity contribution >= 4 is 5.82 Å². The molecule has 1 saturated heterocycles. The Labute approximate surface area is 183 Å². The van der Waals surface area contributed by atoms with E-state index in [9.17, 15) is 23.3 Å². The number of nitro groups is 1. The predicted molar refractivity (Wildman–Crippen MR) is 110 cm³/mol. The van der Waals surface area contributed by atoms with E-state index in [0.717, 1.165) is 63.3 Å². The Morgan fingerprint density at radius 3 is 2.41 bits per heavy atom. The number of hydrogen-bond acceptors (Lipinski definition) is 6. The summed E-state index contributed by atoms with van der Waals surface area (Å²) in [6.45, 7) is 7.67. The number of rotatable bonds is 7. The molecule has 32 heavy (non-hydrogen) atoms. The van der Waals surface area contributed by atoms with Crippen molar-refractivity contribution in [1.29, 1.82) is 0 Å². The lowest BCUT2D eigenvalue weighted by atomic mass is 10.00. The van der Waals surface area contributed by atoms with Crippen molar-refractivity contribution < 1.29 is 22.8 Å². The van der Waals surface area contributed by atoms with E-state index in [1.54, 1.807) is 16.7 Å². The van der Waals surface area contributed by atoms with Crippen molar-refractivity contribution in [2.75, 3.05) is 32.7 Å². The number of halogens is 3. The zero-order chi connectivity index (χ0) is 22.9. The van der Waals surface area contributed by atoms with E-state index in [0.29, 0.717) is 19.1 Å². The highest BCUT2D eigenvalue weighted by Gasteiger charge is 2.40. The third-order valence-corrected chi connectivity index (χ3v) is 6.09. The number of alkyl halides is 3. The normalized spacial score (nSPS) is 22.0. The molecule has 0 amide bonds. The van der Waals surface area contributed by atoms with E-state index in [2.05, 4.69) is 14.8 Å². The van der Waals surface area contributed by atoms with Gasteiger partial charge < -0.3 is 19.8 Å². The molecule has 3 heterocycles. The van der Waals surface area contributed by atoms with Crippen LogP contribution in [0, 0.1) is 10.1 Å². The first-order valence-electron chi connectivity index (χ1n) is 10.6. The van der Waals surface area contributed by atoms with Crippen molar-refractivity contribution in [3.05, 3.63) is 51.7 Å². The molecule has 1 aromatic heterocycles. The first kappa shape index (κ1) is 22.5. The monoisotopic (exact) mass is 453 g/mol. The van der Waals surface area contributed by atoms with Crippen LogP contribution in [-0.4, -0.2) is 62.6 Å². The van der Waals surface area contributed by atoms with Gasteiger partial charge in [0.05, 0.1) is 12.1 Å². The third-order valence-electron chi connectivity index (χ3n) is 6.09. The summed E-state index contributed by atoms with van der Waals surface area (Å²) in [6, 6.07) is 5.69. The van der Waals surface area contributed by atoms with Gasteiger partial charge in [0.15, 0.2) is 0 Å². The predicted octanol–water partition coefficient (Wildman–Crippen LogP) is 3.56. The van der Waals surface area contributed by atoms with Crippen LogP contribution in [0.5, 0.6) is 6.01 Å². The Bertz CT molecular complexity index is 929. The van der Waals surface area contributed by atoms with Gasteiger partial charge in [0.1, 0.15) is 11.8 Å². The Kier molecular flexibility index (Phi) is 6.13. The fourth-order valence-electron chi connectivity index (χ4n) is 4.32. The summed E-state index contributed by atoms with van der Waals surface area (Å²) in [5.41, 5.74) is -0.148. The highest BCUT2D eigenvalue weighted by atomic mass is 19.4. The Balaban J connectivity index is 1.17. The maximum atomic E-state index is 12.7. The fourth-order valence-corrected chi connectivity index (χ4v) is 4.32. The number of nitrogens with zero attached hydrogens (tertiary/aromatic N) is 5. The van der Waals surface area contributed by atoms with Crippen molar-refractivity contribution in [2.24, 2.45) is 0 Å². The molecule has 0 bridgehead atoms. The van der Waals surface area contributed by atoms with Gasteiger partial charge in [0.25, 0.3) is 0 Å². The lowest BCUT2D eigenvalue weighted by Gasteiger charge is -2.35. The van der Waals surface area contributed by atoms with Crippen LogP contribution in [0.3, 0.4) is 0 Å². The van der Waals surface area contributed by atoms with E-state index >= 15 is 0 Å². The molecule has 0 N–H and O–H groups in total. The molecule has 1 fully saturated rings. The lowest BCUT2D eigenvalue weighted by Crippen LogP contribution is -2.46. The van der Waals surface area contributed by atoms with Gasteiger partial charge >= 0.3 is 18.0 Å². The van der Waals surface area contributed by atoms with E-state index < -0.39 is 22.3 Å². The summed E-state index contributed by atoms with van der Waals surface area (Å²) in [6.07, 6.45) is -1.14. The van der Waals surface area contributed by atoms with Crippen LogP contribution in [0.2, 0.25) is 0 Å². The lowest BCUT2D eigenvalue weighted by molar-refractivity contribution is -0.389. The molecule has 0 spiro atoms. The average molecular weight is 453 g/mol.